The van der Waals surface area contributed by atoms with Gasteiger partial charge in [0, 0.05) is 17.6 Å². The minimum Gasteiger partial charge on any atom is -0.379 e. The second-order valence-electron chi connectivity index (χ2n) is 4.44. The maximum Gasteiger partial charge on any atom is 0.241 e. The fraction of sp³-hybridized carbons (Fsp3) is 0.462. The SMILES string of the molecule is CC(C(=O)Nc1ccc(Br)cc1F)N1CCOCC1. The third-order valence-corrected chi connectivity index (χ3v) is 3.66. The van der Waals surface area contributed by atoms with Crippen molar-refractivity contribution >= 4 is 27.5 Å². The van der Waals surface area contributed by atoms with Crippen molar-refractivity contribution in [3.63, 3.8) is 0 Å². The highest BCUT2D eigenvalue weighted by molar-refractivity contribution is 9.10. The van der Waals surface area contributed by atoms with Crippen molar-refractivity contribution in [3.05, 3.63) is 28.5 Å². The minimum absolute atomic E-state index is 0.202. The van der Waals surface area contributed by atoms with Gasteiger partial charge in [-0.3, -0.25) is 9.69 Å². The summed E-state index contributed by atoms with van der Waals surface area (Å²) in [6.45, 7) is 4.51. The van der Waals surface area contributed by atoms with Crippen molar-refractivity contribution in [1.29, 1.82) is 0 Å². The highest BCUT2D eigenvalue weighted by Crippen LogP contribution is 2.19. The summed E-state index contributed by atoms with van der Waals surface area (Å²) in [5.41, 5.74) is 0.202. The molecule has 1 aliphatic rings. The lowest BCUT2D eigenvalue weighted by atomic mass is 10.2. The lowest BCUT2D eigenvalue weighted by Gasteiger charge is -2.31. The fourth-order valence-corrected chi connectivity index (χ4v) is 2.29. The summed E-state index contributed by atoms with van der Waals surface area (Å²) in [4.78, 5) is 14.1. The van der Waals surface area contributed by atoms with Crippen molar-refractivity contribution in [2.24, 2.45) is 0 Å². The number of hydrogen-bond donors (Lipinski definition) is 1. The maximum atomic E-state index is 13.6. The van der Waals surface area contributed by atoms with E-state index in [1.807, 2.05) is 11.8 Å². The molecule has 1 aromatic rings. The van der Waals surface area contributed by atoms with E-state index in [-0.39, 0.29) is 17.6 Å². The number of hydrogen-bond acceptors (Lipinski definition) is 3. The van der Waals surface area contributed by atoms with Gasteiger partial charge in [0.15, 0.2) is 0 Å². The first-order chi connectivity index (χ1) is 9.08. The molecule has 0 radical (unpaired) electrons. The Hall–Kier alpha value is -0.980. The number of ether oxygens (including phenoxy) is 1. The molecular formula is C13H16BrFN2O2. The summed E-state index contributed by atoms with van der Waals surface area (Å²) in [5, 5.41) is 2.62. The normalized spacial score (nSPS) is 18.1. The number of morpholine rings is 1. The topological polar surface area (TPSA) is 41.6 Å². The number of carbonyl (C=O) groups excluding carboxylic acids is 1. The zero-order valence-electron chi connectivity index (χ0n) is 10.7. The van der Waals surface area contributed by atoms with E-state index in [0.29, 0.717) is 17.7 Å². The first-order valence-corrected chi connectivity index (χ1v) is 6.95. The van der Waals surface area contributed by atoms with E-state index < -0.39 is 5.82 Å². The molecule has 0 spiro atoms. The molecule has 0 saturated carbocycles. The van der Waals surface area contributed by atoms with E-state index in [2.05, 4.69) is 21.2 Å². The highest BCUT2D eigenvalue weighted by atomic mass is 79.9. The lowest BCUT2D eigenvalue weighted by molar-refractivity contribution is -0.122. The second-order valence-corrected chi connectivity index (χ2v) is 5.35. The van der Waals surface area contributed by atoms with Gasteiger partial charge < -0.3 is 10.1 Å². The van der Waals surface area contributed by atoms with E-state index >= 15 is 0 Å². The Bertz CT molecular complexity index is 464. The van der Waals surface area contributed by atoms with Crippen molar-refractivity contribution in [1.82, 2.24) is 4.90 Å². The average Bonchev–Trinajstić information content (AvgIpc) is 2.42. The van der Waals surface area contributed by atoms with Gasteiger partial charge in [-0.2, -0.15) is 0 Å². The largest absolute Gasteiger partial charge is 0.379 e. The van der Waals surface area contributed by atoms with Crippen LogP contribution >= 0.6 is 15.9 Å². The molecule has 0 aromatic heterocycles. The van der Waals surface area contributed by atoms with Crippen molar-refractivity contribution < 1.29 is 13.9 Å². The van der Waals surface area contributed by atoms with Crippen LogP contribution in [0.4, 0.5) is 10.1 Å². The molecule has 1 amide bonds. The zero-order valence-corrected chi connectivity index (χ0v) is 12.2. The first kappa shape index (κ1) is 14.4. The van der Waals surface area contributed by atoms with Gasteiger partial charge in [0.1, 0.15) is 5.82 Å². The van der Waals surface area contributed by atoms with Gasteiger partial charge in [-0.25, -0.2) is 4.39 Å². The van der Waals surface area contributed by atoms with Crippen LogP contribution in [-0.2, 0) is 9.53 Å². The summed E-state index contributed by atoms with van der Waals surface area (Å²) < 4.78 is 19.5. The Morgan fingerprint density at radius 3 is 2.79 bits per heavy atom. The molecule has 1 aromatic carbocycles. The van der Waals surface area contributed by atoms with Crippen LogP contribution in [0.15, 0.2) is 22.7 Å². The molecule has 19 heavy (non-hydrogen) atoms. The van der Waals surface area contributed by atoms with Crippen molar-refractivity contribution in [2.75, 3.05) is 31.6 Å². The molecule has 1 saturated heterocycles. The minimum atomic E-state index is -0.447. The summed E-state index contributed by atoms with van der Waals surface area (Å²) in [6.07, 6.45) is 0. The van der Waals surface area contributed by atoms with Gasteiger partial charge in [-0.15, -0.1) is 0 Å². The van der Waals surface area contributed by atoms with Crippen molar-refractivity contribution in [2.45, 2.75) is 13.0 Å². The number of rotatable bonds is 3. The number of nitrogens with one attached hydrogen (secondary N) is 1. The van der Waals surface area contributed by atoms with Crippen molar-refractivity contribution in [3.8, 4) is 0 Å². The van der Waals surface area contributed by atoms with Crippen LogP contribution in [0.3, 0.4) is 0 Å². The smallest absolute Gasteiger partial charge is 0.241 e. The van der Waals surface area contributed by atoms with Gasteiger partial charge in [0.05, 0.1) is 24.9 Å². The van der Waals surface area contributed by atoms with Crippen LogP contribution in [0.2, 0.25) is 0 Å². The molecule has 0 bridgehead atoms. The molecular weight excluding hydrogens is 315 g/mol. The molecule has 2 rings (SSSR count). The van der Waals surface area contributed by atoms with Crippen LogP contribution in [0.5, 0.6) is 0 Å². The third kappa shape index (κ3) is 3.75. The predicted molar refractivity (Wildman–Crippen MR) is 74.6 cm³/mol. The average molecular weight is 331 g/mol. The molecule has 1 fully saturated rings. The van der Waals surface area contributed by atoms with Crippen LogP contribution in [0.25, 0.3) is 0 Å². The van der Waals surface area contributed by atoms with Gasteiger partial charge in [-0.1, -0.05) is 15.9 Å². The van der Waals surface area contributed by atoms with E-state index in [0.717, 1.165) is 13.1 Å². The van der Waals surface area contributed by atoms with Crippen LogP contribution in [-0.4, -0.2) is 43.2 Å². The van der Waals surface area contributed by atoms with E-state index in [1.165, 1.54) is 6.07 Å². The van der Waals surface area contributed by atoms with Gasteiger partial charge in [-0.05, 0) is 25.1 Å². The molecule has 1 aliphatic heterocycles. The number of benzene rings is 1. The monoisotopic (exact) mass is 330 g/mol. The number of carbonyl (C=O) groups is 1. The van der Waals surface area contributed by atoms with Gasteiger partial charge in [0.2, 0.25) is 5.91 Å². The molecule has 104 valence electrons. The quantitative estimate of drug-likeness (QED) is 0.924. The van der Waals surface area contributed by atoms with Crippen LogP contribution in [0.1, 0.15) is 6.92 Å². The first-order valence-electron chi connectivity index (χ1n) is 6.15. The summed E-state index contributed by atoms with van der Waals surface area (Å²) in [7, 11) is 0. The molecule has 4 nitrogen and oxygen atoms in total. The summed E-state index contributed by atoms with van der Waals surface area (Å²) >= 11 is 3.18. The van der Waals surface area contributed by atoms with Gasteiger partial charge in [0.25, 0.3) is 0 Å². The zero-order chi connectivity index (χ0) is 13.8. The lowest BCUT2D eigenvalue weighted by Crippen LogP contribution is -2.47. The maximum absolute atomic E-state index is 13.6. The van der Waals surface area contributed by atoms with Crippen LogP contribution in [0, 0.1) is 5.82 Å². The number of halogens is 2. The molecule has 6 heteroatoms. The van der Waals surface area contributed by atoms with E-state index in [4.69, 9.17) is 4.74 Å². The molecule has 1 atom stereocenters. The Labute approximate surface area is 120 Å². The second kappa shape index (κ2) is 6.45. The summed E-state index contributed by atoms with van der Waals surface area (Å²) in [6, 6.07) is 4.27. The van der Waals surface area contributed by atoms with E-state index in [1.54, 1.807) is 12.1 Å². The van der Waals surface area contributed by atoms with Gasteiger partial charge >= 0.3 is 0 Å². The fourth-order valence-electron chi connectivity index (χ4n) is 1.96. The standard InChI is InChI=1S/C13H16BrFN2O2/c1-9(17-4-6-19-7-5-17)13(18)16-12-3-2-10(14)8-11(12)15/h2-3,8-9H,4-7H2,1H3,(H,16,18). The predicted octanol–water partition coefficient (Wildman–Crippen LogP) is 2.25. The molecule has 1 heterocycles. The molecule has 0 aliphatic carbocycles. The molecule has 1 N–H and O–H groups in total. The van der Waals surface area contributed by atoms with E-state index in [9.17, 15) is 9.18 Å². The number of amides is 1. The number of anilines is 1. The Balaban J connectivity index is 1.99. The Morgan fingerprint density at radius 2 is 2.16 bits per heavy atom. The third-order valence-electron chi connectivity index (χ3n) is 3.16. The Morgan fingerprint density at radius 1 is 1.47 bits per heavy atom. The molecule has 1 unspecified atom stereocenters. The number of nitrogens with zero attached hydrogens (tertiary/aromatic N) is 1. The Kier molecular flexibility index (Phi) is 4.90. The highest BCUT2D eigenvalue weighted by Gasteiger charge is 2.23. The van der Waals surface area contributed by atoms with Crippen LogP contribution < -0.4 is 5.32 Å². The summed E-state index contributed by atoms with van der Waals surface area (Å²) in [5.74, 6) is -0.653.